The Labute approximate surface area is 112 Å². The smallest absolute Gasteiger partial charge is 0.127 e. The molecule has 1 unspecified atom stereocenters. The van der Waals surface area contributed by atoms with Crippen LogP contribution in [0.15, 0.2) is 24.3 Å². The Morgan fingerprint density at radius 2 is 1.83 bits per heavy atom. The van der Waals surface area contributed by atoms with Crippen molar-refractivity contribution in [2.75, 3.05) is 7.11 Å². The van der Waals surface area contributed by atoms with Crippen LogP contribution in [-0.2, 0) is 0 Å². The molecule has 1 aromatic carbocycles. The van der Waals surface area contributed by atoms with E-state index in [-0.39, 0.29) is 6.04 Å². The predicted octanol–water partition coefficient (Wildman–Crippen LogP) is 3.73. The van der Waals surface area contributed by atoms with Gasteiger partial charge in [0.25, 0.3) is 0 Å². The first-order chi connectivity index (χ1) is 8.54. The molecule has 1 heterocycles. The molecular formula is C15H19NOS. The quantitative estimate of drug-likeness (QED) is 0.913. The number of thiophene rings is 1. The zero-order valence-electron chi connectivity index (χ0n) is 11.3. The van der Waals surface area contributed by atoms with Crippen LogP contribution in [0.25, 0.3) is 0 Å². The first kappa shape index (κ1) is 13.1. The van der Waals surface area contributed by atoms with Crippen molar-refractivity contribution in [3.8, 4) is 5.75 Å². The monoisotopic (exact) mass is 261 g/mol. The molecule has 18 heavy (non-hydrogen) atoms. The van der Waals surface area contributed by atoms with Gasteiger partial charge in [0.2, 0.25) is 0 Å². The molecule has 0 fully saturated rings. The van der Waals surface area contributed by atoms with Crippen LogP contribution in [0.4, 0.5) is 0 Å². The summed E-state index contributed by atoms with van der Waals surface area (Å²) in [6.07, 6.45) is 0. The standard InChI is InChI=1S/C15H19NOS/c1-9-5-7-12(15(17-4)11(9)3)14(16)13-8-6-10(2)18-13/h5-8,14H,16H2,1-4H3. The largest absolute Gasteiger partial charge is 0.496 e. The molecule has 1 aromatic heterocycles. The van der Waals surface area contributed by atoms with Gasteiger partial charge >= 0.3 is 0 Å². The molecule has 0 saturated heterocycles. The van der Waals surface area contributed by atoms with Crippen LogP contribution in [0.2, 0.25) is 0 Å². The van der Waals surface area contributed by atoms with Crippen molar-refractivity contribution >= 4 is 11.3 Å². The van der Waals surface area contributed by atoms with E-state index in [1.165, 1.54) is 20.9 Å². The molecule has 2 N–H and O–H groups in total. The molecule has 3 heteroatoms. The molecule has 0 saturated carbocycles. The van der Waals surface area contributed by atoms with Gasteiger partial charge in [0.1, 0.15) is 5.75 Å². The fraction of sp³-hybridized carbons (Fsp3) is 0.333. The average molecular weight is 261 g/mol. The highest BCUT2D eigenvalue weighted by atomic mass is 32.1. The fourth-order valence-corrected chi connectivity index (χ4v) is 3.00. The van der Waals surface area contributed by atoms with Gasteiger partial charge in [0, 0.05) is 15.3 Å². The van der Waals surface area contributed by atoms with E-state index in [2.05, 4.69) is 45.0 Å². The summed E-state index contributed by atoms with van der Waals surface area (Å²) in [4.78, 5) is 2.46. The second-order valence-electron chi connectivity index (χ2n) is 4.56. The van der Waals surface area contributed by atoms with Crippen LogP contribution < -0.4 is 10.5 Å². The second-order valence-corrected chi connectivity index (χ2v) is 5.88. The van der Waals surface area contributed by atoms with Crippen LogP contribution in [-0.4, -0.2) is 7.11 Å². The maximum Gasteiger partial charge on any atom is 0.127 e. The summed E-state index contributed by atoms with van der Waals surface area (Å²) < 4.78 is 5.53. The van der Waals surface area contributed by atoms with Crippen molar-refractivity contribution in [1.82, 2.24) is 0 Å². The molecule has 0 aliphatic heterocycles. The zero-order valence-corrected chi connectivity index (χ0v) is 12.1. The SMILES string of the molecule is COc1c(C(N)c2ccc(C)s2)ccc(C)c1C. The molecule has 0 radical (unpaired) electrons. The molecular weight excluding hydrogens is 242 g/mol. The summed E-state index contributed by atoms with van der Waals surface area (Å²) in [5.41, 5.74) is 9.81. The van der Waals surface area contributed by atoms with Gasteiger partial charge in [-0.25, -0.2) is 0 Å². The summed E-state index contributed by atoms with van der Waals surface area (Å²) in [6.45, 7) is 6.25. The minimum Gasteiger partial charge on any atom is -0.496 e. The molecule has 2 nitrogen and oxygen atoms in total. The molecule has 0 spiro atoms. The number of aryl methyl sites for hydroxylation is 2. The Bertz CT molecular complexity index is 560. The predicted molar refractivity (Wildman–Crippen MR) is 77.6 cm³/mol. The van der Waals surface area contributed by atoms with Gasteiger partial charge in [-0.15, -0.1) is 11.3 Å². The Hall–Kier alpha value is -1.32. The van der Waals surface area contributed by atoms with Crippen molar-refractivity contribution in [3.63, 3.8) is 0 Å². The van der Waals surface area contributed by atoms with E-state index in [1.54, 1.807) is 18.4 Å². The number of rotatable bonds is 3. The lowest BCUT2D eigenvalue weighted by atomic mass is 9.99. The third-order valence-corrected chi connectivity index (χ3v) is 4.40. The second kappa shape index (κ2) is 5.12. The van der Waals surface area contributed by atoms with Gasteiger partial charge < -0.3 is 10.5 Å². The first-order valence-electron chi connectivity index (χ1n) is 6.00. The molecule has 0 aliphatic rings. The summed E-state index contributed by atoms with van der Waals surface area (Å²) >= 11 is 1.74. The topological polar surface area (TPSA) is 35.2 Å². The summed E-state index contributed by atoms with van der Waals surface area (Å²) in [7, 11) is 1.71. The third kappa shape index (κ3) is 2.28. The van der Waals surface area contributed by atoms with Gasteiger partial charge in [0.05, 0.1) is 13.2 Å². The molecule has 2 rings (SSSR count). The van der Waals surface area contributed by atoms with Crippen LogP contribution in [0.5, 0.6) is 5.75 Å². The number of nitrogens with two attached hydrogens (primary N) is 1. The number of ether oxygens (including phenoxy) is 1. The number of methoxy groups -OCH3 is 1. The summed E-state index contributed by atoms with van der Waals surface area (Å²) in [5.74, 6) is 0.911. The van der Waals surface area contributed by atoms with Crippen molar-refractivity contribution < 1.29 is 4.74 Å². The van der Waals surface area contributed by atoms with Crippen LogP contribution >= 0.6 is 11.3 Å². The van der Waals surface area contributed by atoms with Gasteiger partial charge in [-0.3, -0.25) is 0 Å². The van der Waals surface area contributed by atoms with Crippen molar-refractivity contribution in [2.45, 2.75) is 26.8 Å². The van der Waals surface area contributed by atoms with Crippen molar-refractivity contribution in [1.29, 1.82) is 0 Å². The van der Waals surface area contributed by atoms with Gasteiger partial charge in [-0.1, -0.05) is 12.1 Å². The molecule has 0 amide bonds. The first-order valence-corrected chi connectivity index (χ1v) is 6.82. The zero-order chi connectivity index (χ0) is 13.3. The van der Waals surface area contributed by atoms with E-state index in [0.29, 0.717) is 0 Å². The highest BCUT2D eigenvalue weighted by Crippen LogP contribution is 2.35. The van der Waals surface area contributed by atoms with E-state index < -0.39 is 0 Å². The Morgan fingerprint density at radius 1 is 1.11 bits per heavy atom. The Kier molecular flexibility index (Phi) is 3.73. The van der Waals surface area contributed by atoms with E-state index >= 15 is 0 Å². The minimum absolute atomic E-state index is 0.113. The molecule has 1 atom stereocenters. The summed E-state index contributed by atoms with van der Waals surface area (Å²) in [5, 5.41) is 0. The Balaban J connectivity index is 2.48. The minimum atomic E-state index is -0.113. The van der Waals surface area contributed by atoms with E-state index in [4.69, 9.17) is 10.5 Å². The van der Waals surface area contributed by atoms with Gasteiger partial charge in [-0.05, 0) is 44.0 Å². The normalized spacial score (nSPS) is 12.5. The highest BCUT2D eigenvalue weighted by Gasteiger charge is 2.17. The van der Waals surface area contributed by atoms with E-state index in [1.807, 2.05) is 0 Å². The lowest BCUT2D eigenvalue weighted by Gasteiger charge is -2.17. The molecule has 2 aromatic rings. The lowest BCUT2D eigenvalue weighted by molar-refractivity contribution is 0.404. The van der Waals surface area contributed by atoms with Crippen molar-refractivity contribution in [3.05, 3.63) is 50.7 Å². The number of hydrogen-bond acceptors (Lipinski definition) is 3. The van der Waals surface area contributed by atoms with Crippen LogP contribution in [0.1, 0.15) is 32.5 Å². The molecule has 96 valence electrons. The third-order valence-electron chi connectivity index (χ3n) is 3.31. The number of hydrogen-bond donors (Lipinski definition) is 1. The van der Waals surface area contributed by atoms with E-state index in [9.17, 15) is 0 Å². The maximum absolute atomic E-state index is 6.36. The van der Waals surface area contributed by atoms with Gasteiger partial charge in [-0.2, -0.15) is 0 Å². The van der Waals surface area contributed by atoms with Crippen LogP contribution in [0.3, 0.4) is 0 Å². The molecule has 0 bridgehead atoms. The fourth-order valence-electron chi connectivity index (χ4n) is 2.10. The van der Waals surface area contributed by atoms with Crippen LogP contribution in [0, 0.1) is 20.8 Å². The number of benzene rings is 1. The molecule has 0 aliphatic carbocycles. The van der Waals surface area contributed by atoms with Crippen molar-refractivity contribution in [2.24, 2.45) is 5.73 Å². The highest BCUT2D eigenvalue weighted by molar-refractivity contribution is 7.12. The summed E-state index contributed by atoms with van der Waals surface area (Å²) in [6, 6.07) is 8.26. The lowest BCUT2D eigenvalue weighted by Crippen LogP contribution is -2.12. The van der Waals surface area contributed by atoms with E-state index in [0.717, 1.165) is 11.3 Å². The Morgan fingerprint density at radius 3 is 2.39 bits per heavy atom. The average Bonchev–Trinajstić information content (AvgIpc) is 2.78. The van der Waals surface area contributed by atoms with Gasteiger partial charge in [0.15, 0.2) is 0 Å². The maximum atomic E-state index is 6.36.